The number of aromatic nitrogens is 1. The Morgan fingerprint density at radius 1 is 1.22 bits per heavy atom. The zero-order valence-electron chi connectivity index (χ0n) is 16.4. The van der Waals surface area contributed by atoms with Crippen LogP contribution in [0.1, 0.15) is 53.1 Å². The summed E-state index contributed by atoms with van der Waals surface area (Å²) in [7, 11) is 0. The van der Waals surface area contributed by atoms with Crippen molar-refractivity contribution >= 4 is 5.78 Å². The van der Waals surface area contributed by atoms with Gasteiger partial charge in [-0.05, 0) is 74.6 Å². The molecule has 0 aliphatic carbocycles. The number of hydrogen-bond acceptors (Lipinski definition) is 3. The largest absolute Gasteiger partial charge is 0.329 e. The highest BCUT2D eigenvalue weighted by molar-refractivity contribution is 5.97. The van der Waals surface area contributed by atoms with Gasteiger partial charge in [0.1, 0.15) is 0 Å². The summed E-state index contributed by atoms with van der Waals surface area (Å²) >= 11 is 0. The highest BCUT2D eigenvalue weighted by atomic mass is 16.1. The van der Waals surface area contributed by atoms with Gasteiger partial charge in [0.2, 0.25) is 0 Å². The molecule has 2 rings (SSSR count). The SMILES string of the molecule is C=C/C(C)=C(/C(C)=O)[C@H](c1ccc(C#N)cc1C)c1c(C)c(C)c[nH]c1=O. The summed E-state index contributed by atoms with van der Waals surface area (Å²) in [5.74, 6) is -0.640. The smallest absolute Gasteiger partial charge is 0.252 e. The first-order valence-corrected chi connectivity index (χ1v) is 8.76. The minimum absolute atomic E-state index is 0.110. The zero-order valence-corrected chi connectivity index (χ0v) is 16.4. The van der Waals surface area contributed by atoms with E-state index in [-0.39, 0.29) is 11.3 Å². The molecule has 4 heteroatoms. The molecule has 1 heterocycles. The Morgan fingerprint density at radius 2 is 1.89 bits per heavy atom. The molecule has 4 nitrogen and oxygen atoms in total. The summed E-state index contributed by atoms with van der Waals surface area (Å²) in [4.78, 5) is 28.2. The topological polar surface area (TPSA) is 73.7 Å². The van der Waals surface area contributed by atoms with Crippen molar-refractivity contribution in [3.63, 3.8) is 0 Å². The van der Waals surface area contributed by atoms with Crippen LogP contribution in [-0.4, -0.2) is 10.8 Å². The van der Waals surface area contributed by atoms with Gasteiger partial charge in [-0.2, -0.15) is 5.26 Å². The molecular weight excluding hydrogens is 336 g/mol. The molecule has 0 aliphatic rings. The Balaban J connectivity index is 2.98. The van der Waals surface area contributed by atoms with Crippen molar-refractivity contribution in [1.82, 2.24) is 4.98 Å². The van der Waals surface area contributed by atoms with Gasteiger partial charge in [-0.3, -0.25) is 9.59 Å². The number of carbonyl (C=O) groups is 1. The van der Waals surface area contributed by atoms with Gasteiger partial charge in [0.25, 0.3) is 5.56 Å². The lowest BCUT2D eigenvalue weighted by Gasteiger charge is -2.25. The number of benzene rings is 1. The van der Waals surface area contributed by atoms with Gasteiger partial charge in [0, 0.05) is 23.3 Å². The van der Waals surface area contributed by atoms with E-state index in [1.165, 1.54) is 6.92 Å². The Bertz CT molecular complexity index is 1050. The zero-order chi connectivity index (χ0) is 20.3. The molecule has 1 N–H and O–H groups in total. The van der Waals surface area contributed by atoms with Gasteiger partial charge in [0.15, 0.2) is 5.78 Å². The first-order valence-electron chi connectivity index (χ1n) is 8.76. The molecule has 0 bridgehead atoms. The highest BCUT2D eigenvalue weighted by Gasteiger charge is 2.29. The third-order valence-electron chi connectivity index (χ3n) is 5.06. The van der Waals surface area contributed by atoms with E-state index in [0.29, 0.717) is 16.7 Å². The third kappa shape index (κ3) is 3.83. The minimum Gasteiger partial charge on any atom is -0.329 e. The molecule has 138 valence electrons. The van der Waals surface area contributed by atoms with Gasteiger partial charge in [-0.15, -0.1) is 0 Å². The molecule has 0 amide bonds. The number of allylic oxidation sites excluding steroid dienone is 3. The number of Topliss-reactive ketones (excluding diaryl/α,β-unsaturated/α-hetero) is 1. The summed E-state index contributed by atoms with van der Waals surface area (Å²) in [5.41, 5.74) is 5.63. The number of nitrogens with zero attached hydrogens (tertiary/aromatic N) is 1. The number of ketones is 1. The van der Waals surface area contributed by atoms with E-state index in [4.69, 9.17) is 0 Å². The van der Waals surface area contributed by atoms with Gasteiger partial charge in [-0.25, -0.2) is 0 Å². The van der Waals surface area contributed by atoms with Crippen LogP contribution in [0.25, 0.3) is 0 Å². The van der Waals surface area contributed by atoms with Gasteiger partial charge in [-0.1, -0.05) is 18.7 Å². The first-order chi connectivity index (χ1) is 12.7. The number of nitriles is 1. The number of aryl methyl sites for hydroxylation is 2. The Morgan fingerprint density at radius 3 is 2.41 bits per heavy atom. The number of pyridine rings is 1. The molecule has 1 aromatic heterocycles. The number of aromatic amines is 1. The Labute approximate surface area is 159 Å². The van der Waals surface area contributed by atoms with Crippen molar-refractivity contribution < 1.29 is 4.79 Å². The van der Waals surface area contributed by atoms with Crippen LogP contribution in [-0.2, 0) is 4.79 Å². The number of nitrogens with one attached hydrogen (secondary N) is 1. The fraction of sp³-hybridized carbons (Fsp3) is 0.261. The van der Waals surface area contributed by atoms with E-state index in [9.17, 15) is 14.9 Å². The maximum absolute atomic E-state index is 12.8. The standard InChI is InChI=1S/C23H24N2O2/c1-7-13(2)20(17(6)26)22(19-9-8-18(11-24)10-14(19)3)21-16(5)15(4)12-25-23(21)27/h7-10,12,22H,1H2,2-6H3,(H,25,27)/b20-13-/t22-/m0/s1. The summed E-state index contributed by atoms with van der Waals surface area (Å²) in [6.07, 6.45) is 3.32. The fourth-order valence-corrected chi connectivity index (χ4v) is 3.43. The average molecular weight is 360 g/mol. The molecule has 1 aromatic carbocycles. The summed E-state index contributed by atoms with van der Waals surface area (Å²) in [6, 6.07) is 7.46. The lowest BCUT2D eigenvalue weighted by molar-refractivity contribution is -0.113. The predicted octanol–water partition coefficient (Wildman–Crippen LogP) is 4.40. The number of carbonyl (C=O) groups excluding carboxylic acids is 1. The summed E-state index contributed by atoms with van der Waals surface area (Å²) < 4.78 is 0. The highest BCUT2D eigenvalue weighted by Crippen LogP contribution is 2.36. The van der Waals surface area contributed by atoms with E-state index in [2.05, 4.69) is 17.6 Å². The molecule has 0 unspecified atom stereocenters. The van der Waals surface area contributed by atoms with Gasteiger partial charge >= 0.3 is 0 Å². The molecule has 0 aliphatic heterocycles. The van der Waals surface area contributed by atoms with Gasteiger partial charge in [0.05, 0.1) is 11.6 Å². The number of H-pyrrole nitrogens is 1. The maximum atomic E-state index is 12.8. The lowest BCUT2D eigenvalue weighted by atomic mass is 9.77. The fourth-order valence-electron chi connectivity index (χ4n) is 3.43. The van der Waals surface area contributed by atoms with Crippen LogP contribution in [0, 0.1) is 32.1 Å². The van der Waals surface area contributed by atoms with Crippen molar-refractivity contribution in [3.05, 3.63) is 91.9 Å². The second-order valence-corrected chi connectivity index (χ2v) is 6.81. The minimum atomic E-state index is -0.531. The molecule has 0 radical (unpaired) electrons. The number of hydrogen-bond donors (Lipinski definition) is 1. The van der Waals surface area contributed by atoms with Crippen LogP contribution in [0.3, 0.4) is 0 Å². The summed E-state index contributed by atoms with van der Waals surface area (Å²) in [6.45, 7) is 12.9. The quantitative estimate of drug-likeness (QED) is 0.634. The van der Waals surface area contributed by atoms with Crippen molar-refractivity contribution in [1.29, 1.82) is 5.26 Å². The lowest BCUT2D eigenvalue weighted by Crippen LogP contribution is -2.24. The van der Waals surface area contributed by atoms with Crippen molar-refractivity contribution in [2.45, 2.75) is 40.5 Å². The predicted molar refractivity (Wildman–Crippen MR) is 108 cm³/mol. The van der Waals surface area contributed by atoms with Crippen LogP contribution in [0.4, 0.5) is 0 Å². The monoisotopic (exact) mass is 360 g/mol. The van der Waals surface area contributed by atoms with Crippen LogP contribution >= 0.6 is 0 Å². The second kappa shape index (κ2) is 8.01. The van der Waals surface area contributed by atoms with E-state index in [1.54, 1.807) is 24.4 Å². The first kappa shape index (κ1) is 20.1. The molecule has 1 atom stereocenters. The van der Waals surface area contributed by atoms with Crippen LogP contribution in [0.5, 0.6) is 0 Å². The Hall–Kier alpha value is -3.19. The summed E-state index contributed by atoms with van der Waals surface area (Å²) in [5, 5.41) is 9.18. The Kier molecular flexibility index (Phi) is 5.97. The average Bonchev–Trinajstić information content (AvgIpc) is 2.63. The molecular formula is C23H24N2O2. The molecule has 0 fully saturated rings. The maximum Gasteiger partial charge on any atom is 0.252 e. The molecule has 27 heavy (non-hydrogen) atoms. The molecule has 0 saturated carbocycles. The van der Waals surface area contributed by atoms with E-state index < -0.39 is 5.92 Å². The van der Waals surface area contributed by atoms with Crippen LogP contribution in [0.2, 0.25) is 0 Å². The third-order valence-corrected chi connectivity index (χ3v) is 5.06. The van der Waals surface area contributed by atoms with Crippen molar-refractivity contribution in [2.24, 2.45) is 0 Å². The van der Waals surface area contributed by atoms with Crippen molar-refractivity contribution in [2.75, 3.05) is 0 Å². The molecule has 2 aromatic rings. The molecule has 0 saturated heterocycles. The number of rotatable bonds is 5. The second-order valence-electron chi connectivity index (χ2n) is 6.81. The van der Waals surface area contributed by atoms with Gasteiger partial charge < -0.3 is 4.98 Å². The normalized spacial score (nSPS) is 12.7. The van der Waals surface area contributed by atoms with Crippen LogP contribution in [0.15, 0.2) is 53.0 Å². The van der Waals surface area contributed by atoms with E-state index >= 15 is 0 Å². The van der Waals surface area contributed by atoms with Crippen LogP contribution < -0.4 is 5.56 Å². The van der Waals surface area contributed by atoms with E-state index in [1.807, 2.05) is 33.8 Å². The van der Waals surface area contributed by atoms with E-state index in [0.717, 1.165) is 27.8 Å². The molecule has 0 spiro atoms. The van der Waals surface area contributed by atoms with Crippen molar-refractivity contribution in [3.8, 4) is 6.07 Å².